The standard InChI is InChI=1S/C22H31FN8O/c23-15-6-8-17(9-7-15)25-21-29-19(28-20(24)30-21)14-31-12-10-18(11-13-31)27-22(32)26-16-4-2-1-3-5-16/h6-9,16,18H,1-5,10-14H2,(H2,26,27,32)(H3,24,25,28,29,30). The van der Waals surface area contributed by atoms with Crippen LogP contribution in [0, 0.1) is 5.82 Å². The molecule has 0 atom stereocenters. The number of piperidine rings is 1. The molecule has 0 unspecified atom stereocenters. The van der Waals surface area contributed by atoms with Crippen LogP contribution in [0.4, 0.5) is 26.8 Å². The van der Waals surface area contributed by atoms with E-state index in [4.69, 9.17) is 5.73 Å². The lowest BCUT2D eigenvalue weighted by Crippen LogP contribution is -2.50. The second kappa shape index (κ2) is 10.5. The summed E-state index contributed by atoms with van der Waals surface area (Å²) in [5.41, 5.74) is 6.53. The lowest BCUT2D eigenvalue weighted by molar-refractivity contribution is 0.181. The number of nitrogens with two attached hydrogens (primary N) is 1. The molecule has 9 nitrogen and oxygen atoms in total. The summed E-state index contributed by atoms with van der Waals surface area (Å²) in [6.07, 6.45) is 7.59. The van der Waals surface area contributed by atoms with Crippen LogP contribution in [-0.4, -0.2) is 51.1 Å². The molecule has 2 fully saturated rings. The quantitative estimate of drug-likeness (QED) is 0.543. The third-order valence-electron chi connectivity index (χ3n) is 6.03. The molecule has 10 heteroatoms. The number of hydrogen-bond donors (Lipinski definition) is 4. The Balaban J connectivity index is 1.25. The Labute approximate surface area is 187 Å². The second-order valence-corrected chi connectivity index (χ2v) is 8.57. The minimum absolute atomic E-state index is 0.0444. The third-order valence-corrected chi connectivity index (χ3v) is 6.03. The second-order valence-electron chi connectivity index (χ2n) is 8.57. The summed E-state index contributed by atoms with van der Waals surface area (Å²) in [6, 6.07) is 6.39. The third kappa shape index (κ3) is 6.49. The van der Waals surface area contributed by atoms with Crippen molar-refractivity contribution in [2.75, 3.05) is 24.1 Å². The molecule has 2 amide bonds. The van der Waals surface area contributed by atoms with Gasteiger partial charge >= 0.3 is 6.03 Å². The lowest BCUT2D eigenvalue weighted by atomic mass is 9.96. The van der Waals surface area contributed by atoms with Crippen LogP contribution >= 0.6 is 0 Å². The summed E-state index contributed by atoms with van der Waals surface area (Å²) in [6.45, 7) is 2.22. The van der Waals surface area contributed by atoms with Crippen LogP contribution in [0.1, 0.15) is 50.8 Å². The summed E-state index contributed by atoms with van der Waals surface area (Å²) < 4.78 is 13.1. The number of rotatable bonds is 6. The van der Waals surface area contributed by atoms with E-state index in [-0.39, 0.29) is 23.8 Å². The Morgan fingerprint density at radius 2 is 1.62 bits per heavy atom. The van der Waals surface area contributed by atoms with Crippen molar-refractivity contribution in [1.82, 2.24) is 30.5 Å². The van der Waals surface area contributed by atoms with Crippen LogP contribution in [-0.2, 0) is 6.54 Å². The van der Waals surface area contributed by atoms with Gasteiger partial charge in [0, 0.05) is 30.9 Å². The summed E-state index contributed by atoms with van der Waals surface area (Å²) in [4.78, 5) is 27.3. The molecule has 0 bridgehead atoms. The van der Waals surface area contributed by atoms with Crippen molar-refractivity contribution in [3.05, 3.63) is 35.9 Å². The largest absolute Gasteiger partial charge is 0.368 e. The monoisotopic (exact) mass is 442 g/mol. The number of urea groups is 1. The number of nitrogens with one attached hydrogen (secondary N) is 3. The van der Waals surface area contributed by atoms with E-state index in [1.54, 1.807) is 12.1 Å². The summed E-state index contributed by atoms with van der Waals surface area (Å²) in [7, 11) is 0. The number of aromatic nitrogens is 3. The summed E-state index contributed by atoms with van der Waals surface area (Å²) in [5.74, 6) is 0.727. The molecule has 1 aliphatic carbocycles. The van der Waals surface area contributed by atoms with E-state index in [0.717, 1.165) is 38.8 Å². The first-order valence-electron chi connectivity index (χ1n) is 11.4. The van der Waals surface area contributed by atoms with Crippen molar-refractivity contribution < 1.29 is 9.18 Å². The molecule has 1 aromatic heterocycles. The van der Waals surface area contributed by atoms with E-state index in [0.29, 0.717) is 30.0 Å². The first kappa shape index (κ1) is 22.2. The number of hydrogen-bond acceptors (Lipinski definition) is 7. The average molecular weight is 443 g/mol. The minimum Gasteiger partial charge on any atom is -0.368 e. The van der Waals surface area contributed by atoms with Crippen LogP contribution in [0.15, 0.2) is 24.3 Å². The molecule has 1 aliphatic heterocycles. The van der Waals surface area contributed by atoms with Crippen LogP contribution < -0.4 is 21.7 Å². The summed E-state index contributed by atoms with van der Waals surface area (Å²) >= 11 is 0. The van der Waals surface area contributed by atoms with Gasteiger partial charge in [0.25, 0.3) is 0 Å². The predicted molar refractivity (Wildman–Crippen MR) is 121 cm³/mol. The van der Waals surface area contributed by atoms with E-state index in [1.165, 1.54) is 31.4 Å². The van der Waals surface area contributed by atoms with Gasteiger partial charge in [0.05, 0.1) is 6.54 Å². The highest BCUT2D eigenvalue weighted by molar-refractivity contribution is 5.74. The Kier molecular flexibility index (Phi) is 7.31. The minimum atomic E-state index is -0.309. The molecular formula is C22H31FN8O. The molecule has 1 saturated carbocycles. The van der Waals surface area contributed by atoms with E-state index in [9.17, 15) is 9.18 Å². The van der Waals surface area contributed by atoms with Crippen LogP contribution in [0.2, 0.25) is 0 Å². The first-order valence-corrected chi connectivity index (χ1v) is 11.4. The maximum atomic E-state index is 13.1. The van der Waals surface area contributed by atoms with Gasteiger partial charge in [-0.05, 0) is 49.9 Å². The molecule has 32 heavy (non-hydrogen) atoms. The van der Waals surface area contributed by atoms with Crippen molar-refractivity contribution in [3.63, 3.8) is 0 Å². The van der Waals surface area contributed by atoms with Crippen molar-refractivity contribution in [3.8, 4) is 0 Å². The molecule has 2 heterocycles. The highest BCUT2D eigenvalue weighted by Crippen LogP contribution is 2.18. The molecule has 1 aromatic carbocycles. The smallest absolute Gasteiger partial charge is 0.315 e. The fourth-order valence-corrected chi connectivity index (χ4v) is 4.32. The van der Waals surface area contributed by atoms with Gasteiger partial charge in [-0.3, -0.25) is 4.90 Å². The van der Waals surface area contributed by atoms with Crippen LogP contribution in [0.25, 0.3) is 0 Å². The van der Waals surface area contributed by atoms with Crippen molar-refractivity contribution in [1.29, 1.82) is 0 Å². The number of halogens is 1. The van der Waals surface area contributed by atoms with Crippen molar-refractivity contribution >= 4 is 23.6 Å². The predicted octanol–water partition coefficient (Wildman–Crippen LogP) is 2.93. The van der Waals surface area contributed by atoms with Gasteiger partial charge in [-0.25, -0.2) is 9.18 Å². The average Bonchev–Trinajstić information content (AvgIpc) is 2.77. The number of nitrogens with zero attached hydrogens (tertiary/aromatic N) is 4. The highest BCUT2D eigenvalue weighted by atomic mass is 19.1. The molecule has 172 valence electrons. The first-order chi connectivity index (χ1) is 15.5. The Hall–Kier alpha value is -3.01. The SMILES string of the molecule is Nc1nc(CN2CCC(NC(=O)NC3CCCCC3)CC2)nc(Nc2ccc(F)cc2)n1. The number of likely N-dealkylation sites (tertiary alicyclic amines) is 1. The lowest BCUT2D eigenvalue weighted by Gasteiger charge is -2.32. The zero-order valence-electron chi connectivity index (χ0n) is 18.2. The maximum absolute atomic E-state index is 13.1. The Morgan fingerprint density at radius 3 is 2.31 bits per heavy atom. The van der Waals surface area contributed by atoms with E-state index < -0.39 is 0 Å². The molecular weight excluding hydrogens is 411 g/mol. The van der Waals surface area contributed by atoms with Crippen LogP contribution in [0.5, 0.6) is 0 Å². The number of carbonyl (C=O) groups excluding carboxylic acids is 1. The molecule has 5 N–H and O–H groups in total. The molecule has 1 saturated heterocycles. The molecule has 2 aromatic rings. The van der Waals surface area contributed by atoms with Gasteiger partial charge in [0.15, 0.2) is 0 Å². The Morgan fingerprint density at radius 1 is 0.969 bits per heavy atom. The number of amides is 2. The zero-order chi connectivity index (χ0) is 22.3. The Bertz CT molecular complexity index is 895. The fourth-order valence-electron chi connectivity index (χ4n) is 4.32. The van der Waals surface area contributed by atoms with Gasteiger partial charge in [-0.15, -0.1) is 0 Å². The highest BCUT2D eigenvalue weighted by Gasteiger charge is 2.23. The zero-order valence-corrected chi connectivity index (χ0v) is 18.2. The fraction of sp³-hybridized carbons (Fsp3) is 0.545. The number of anilines is 3. The number of nitrogen functional groups attached to an aromatic ring is 1. The molecule has 0 spiro atoms. The van der Waals surface area contributed by atoms with Gasteiger partial charge in [0.2, 0.25) is 11.9 Å². The summed E-state index contributed by atoms with van der Waals surface area (Å²) in [5, 5.41) is 9.28. The van der Waals surface area contributed by atoms with Gasteiger partial charge in [-0.1, -0.05) is 19.3 Å². The maximum Gasteiger partial charge on any atom is 0.315 e. The van der Waals surface area contributed by atoms with Crippen molar-refractivity contribution in [2.45, 2.75) is 63.6 Å². The molecule has 4 rings (SSSR count). The van der Waals surface area contributed by atoms with Gasteiger partial charge in [0.1, 0.15) is 11.6 Å². The van der Waals surface area contributed by atoms with E-state index >= 15 is 0 Å². The number of carbonyl (C=O) groups is 1. The van der Waals surface area contributed by atoms with E-state index in [2.05, 4.69) is 35.8 Å². The molecule has 0 radical (unpaired) electrons. The number of benzene rings is 1. The van der Waals surface area contributed by atoms with Crippen molar-refractivity contribution in [2.24, 2.45) is 0 Å². The van der Waals surface area contributed by atoms with Gasteiger partial charge < -0.3 is 21.7 Å². The molecule has 2 aliphatic rings. The van der Waals surface area contributed by atoms with Crippen LogP contribution in [0.3, 0.4) is 0 Å². The normalized spacial score (nSPS) is 18.3. The topological polar surface area (TPSA) is 121 Å². The van der Waals surface area contributed by atoms with E-state index in [1.807, 2.05) is 0 Å². The van der Waals surface area contributed by atoms with Gasteiger partial charge in [-0.2, -0.15) is 15.0 Å².